The lowest BCUT2D eigenvalue weighted by molar-refractivity contribution is 0.0934. The Kier molecular flexibility index (Phi) is 5.70. The van der Waals surface area contributed by atoms with Crippen LogP contribution in [0.15, 0.2) is 60.7 Å². The van der Waals surface area contributed by atoms with Crippen LogP contribution in [0, 0.1) is 0 Å². The van der Waals surface area contributed by atoms with Crippen molar-refractivity contribution in [3.05, 3.63) is 71.8 Å². The van der Waals surface area contributed by atoms with E-state index in [0.717, 1.165) is 18.4 Å². The Morgan fingerprint density at radius 2 is 1.57 bits per heavy atom. The first kappa shape index (κ1) is 15.5. The molecule has 0 bridgehead atoms. The van der Waals surface area contributed by atoms with E-state index < -0.39 is 0 Å². The molecule has 0 saturated heterocycles. The summed E-state index contributed by atoms with van der Waals surface area (Å²) in [4.78, 5) is 12.5. The van der Waals surface area contributed by atoms with Crippen LogP contribution < -0.4 is 5.32 Å². The van der Waals surface area contributed by atoms with E-state index in [4.69, 9.17) is 0 Å². The molecular formula is C19H23NO. The molecule has 0 radical (unpaired) electrons. The van der Waals surface area contributed by atoms with Gasteiger partial charge in [-0.05, 0) is 25.3 Å². The molecule has 1 N–H and O–H groups in total. The van der Waals surface area contributed by atoms with Crippen LogP contribution in [0.5, 0.6) is 0 Å². The second kappa shape index (κ2) is 7.75. The van der Waals surface area contributed by atoms with Gasteiger partial charge in [-0.15, -0.1) is 0 Å². The first-order valence-corrected chi connectivity index (χ1v) is 7.60. The zero-order valence-electron chi connectivity index (χ0n) is 12.8. The van der Waals surface area contributed by atoms with E-state index in [9.17, 15) is 4.79 Å². The molecule has 2 heteroatoms. The maximum absolute atomic E-state index is 12.5. The molecule has 2 unspecified atom stereocenters. The van der Waals surface area contributed by atoms with Gasteiger partial charge >= 0.3 is 0 Å². The zero-order valence-corrected chi connectivity index (χ0v) is 12.8. The third kappa shape index (κ3) is 4.54. The molecule has 21 heavy (non-hydrogen) atoms. The van der Waals surface area contributed by atoms with Crippen LogP contribution in [0.4, 0.5) is 0 Å². The normalized spacial score (nSPS) is 13.6. The molecule has 2 aromatic carbocycles. The Morgan fingerprint density at radius 3 is 2.14 bits per heavy atom. The minimum absolute atomic E-state index is 0.119. The zero-order chi connectivity index (χ0) is 15.1. The molecular weight excluding hydrogens is 258 g/mol. The van der Waals surface area contributed by atoms with Crippen molar-refractivity contribution in [1.29, 1.82) is 0 Å². The molecule has 0 saturated carbocycles. The van der Waals surface area contributed by atoms with Gasteiger partial charge in [-0.25, -0.2) is 0 Å². The van der Waals surface area contributed by atoms with Gasteiger partial charge in [-0.3, -0.25) is 4.79 Å². The summed E-state index contributed by atoms with van der Waals surface area (Å²) < 4.78 is 0. The second-order valence-electron chi connectivity index (χ2n) is 5.45. The number of Topliss-reactive ketones (excluding diaryl/α,β-unsaturated/α-hetero) is 1. The van der Waals surface area contributed by atoms with Gasteiger partial charge in [-0.1, -0.05) is 67.6 Å². The fraction of sp³-hybridized carbons (Fsp3) is 0.316. The van der Waals surface area contributed by atoms with Crippen LogP contribution in [0.25, 0.3) is 0 Å². The number of benzene rings is 2. The summed E-state index contributed by atoms with van der Waals surface area (Å²) in [5.41, 5.74) is 2.07. The number of carbonyl (C=O) groups is 1. The predicted molar refractivity (Wildman–Crippen MR) is 87.6 cm³/mol. The van der Waals surface area contributed by atoms with Crippen LogP contribution in [0.3, 0.4) is 0 Å². The lowest BCUT2D eigenvalue weighted by Crippen LogP contribution is -2.42. The summed E-state index contributed by atoms with van der Waals surface area (Å²) >= 11 is 0. The Labute approximate surface area is 127 Å². The van der Waals surface area contributed by atoms with Crippen molar-refractivity contribution in [2.75, 3.05) is 0 Å². The van der Waals surface area contributed by atoms with E-state index in [1.165, 1.54) is 5.56 Å². The van der Waals surface area contributed by atoms with E-state index >= 15 is 0 Å². The molecule has 110 valence electrons. The van der Waals surface area contributed by atoms with Crippen LogP contribution in [0.1, 0.15) is 36.2 Å². The Balaban J connectivity index is 1.97. The summed E-state index contributed by atoms with van der Waals surface area (Å²) in [6, 6.07) is 20.0. The molecule has 0 aliphatic rings. The number of hydrogen-bond donors (Lipinski definition) is 1. The Morgan fingerprint density at radius 1 is 1.00 bits per heavy atom. The van der Waals surface area contributed by atoms with Crippen LogP contribution >= 0.6 is 0 Å². The highest BCUT2D eigenvalue weighted by atomic mass is 16.1. The Hall–Kier alpha value is -1.93. The molecule has 2 rings (SSSR count). The quantitative estimate of drug-likeness (QED) is 0.781. The van der Waals surface area contributed by atoms with Gasteiger partial charge < -0.3 is 5.32 Å². The van der Waals surface area contributed by atoms with Gasteiger partial charge in [0.1, 0.15) is 0 Å². The van der Waals surface area contributed by atoms with E-state index in [2.05, 4.69) is 36.5 Å². The monoisotopic (exact) mass is 281 g/mol. The summed E-state index contributed by atoms with van der Waals surface area (Å²) in [7, 11) is 0. The Bertz CT molecular complexity index is 550. The molecule has 0 amide bonds. The fourth-order valence-corrected chi connectivity index (χ4v) is 2.55. The third-order valence-electron chi connectivity index (χ3n) is 3.65. The number of nitrogens with one attached hydrogen (secondary N) is 1. The molecule has 0 aromatic heterocycles. The van der Waals surface area contributed by atoms with Crippen LogP contribution in [-0.2, 0) is 6.42 Å². The maximum atomic E-state index is 12.5. The average molecular weight is 281 g/mol. The molecule has 2 aromatic rings. The van der Waals surface area contributed by atoms with E-state index in [-0.39, 0.29) is 17.9 Å². The van der Waals surface area contributed by atoms with E-state index in [1.54, 1.807) is 0 Å². The molecule has 0 heterocycles. The standard InChI is InChI=1S/C19H23NO/c1-3-18(19(21)17-12-8-5-9-13-17)20-15(2)14-16-10-6-4-7-11-16/h4-13,15,18,20H,3,14H2,1-2H3. The van der Waals surface area contributed by atoms with Gasteiger partial charge in [0.05, 0.1) is 6.04 Å². The second-order valence-corrected chi connectivity index (χ2v) is 5.45. The van der Waals surface area contributed by atoms with Crippen LogP contribution in [-0.4, -0.2) is 17.9 Å². The maximum Gasteiger partial charge on any atom is 0.179 e. The lowest BCUT2D eigenvalue weighted by Gasteiger charge is -2.21. The molecule has 0 fully saturated rings. The first-order chi connectivity index (χ1) is 10.2. The molecule has 2 atom stereocenters. The molecule has 0 aliphatic heterocycles. The fourth-order valence-electron chi connectivity index (χ4n) is 2.55. The highest BCUT2D eigenvalue weighted by Crippen LogP contribution is 2.09. The van der Waals surface area contributed by atoms with Gasteiger partial charge in [-0.2, -0.15) is 0 Å². The summed E-state index contributed by atoms with van der Waals surface area (Å²) in [6.07, 6.45) is 1.73. The smallest absolute Gasteiger partial charge is 0.179 e. The van der Waals surface area contributed by atoms with Crippen molar-refractivity contribution in [2.24, 2.45) is 0 Å². The third-order valence-corrected chi connectivity index (χ3v) is 3.65. The van der Waals surface area contributed by atoms with Crippen molar-refractivity contribution in [2.45, 2.75) is 38.8 Å². The minimum Gasteiger partial charge on any atom is -0.304 e. The van der Waals surface area contributed by atoms with Gasteiger partial charge in [0.2, 0.25) is 0 Å². The van der Waals surface area contributed by atoms with Gasteiger partial charge in [0.25, 0.3) is 0 Å². The van der Waals surface area contributed by atoms with Crippen LogP contribution in [0.2, 0.25) is 0 Å². The first-order valence-electron chi connectivity index (χ1n) is 7.60. The van der Waals surface area contributed by atoms with Crippen molar-refractivity contribution in [3.63, 3.8) is 0 Å². The highest BCUT2D eigenvalue weighted by molar-refractivity contribution is 6.00. The van der Waals surface area contributed by atoms with Crippen molar-refractivity contribution in [1.82, 2.24) is 5.32 Å². The molecule has 0 spiro atoms. The highest BCUT2D eigenvalue weighted by Gasteiger charge is 2.19. The lowest BCUT2D eigenvalue weighted by atomic mass is 10.00. The topological polar surface area (TPSA) is 29.1 Å². The largest absolute Gasteiger partial charge is 0.304 e. The molecule has 0 aliphatic carbocycles. The predicted octanol–water partition coefficient (Wildman–Crippen LogP) is 3.87. The van der Waals surface area contributed by atoms with Crippen molar-refractivity contribution < 1.29 is 4.79 Å². The summed E-state index contributed by atoms with van der Waals surface area (Å²) in [5.74, 6) is 0.179. The van der Waals surface area contributed by atoms with E-state index in [1.807, 2.05) is 43.3 Å². The summed E-state index contributed by atoms with van der Waals surface area (Å²) in [5, 5.41) is 3.46. The SMILES string of the molecule is CCC(NC(C)Cc1ccccc1)C(=O)c1ccccc1. The number of ketones is 1. The number of rotatable bonds is 7. The number of carbonyl (C=O) groups excluding carboxylic acids is 1. The number of hydrogen-bond acceptors (Lipinski definition) is 2. The van der Waals surface area contributed by atoms with Crippen molar-refractivity contribution >= 4 is 5.78 Å². The summed E-state index contributed by atoms with van der Waals surface area (Å²) in [6.45, 7) is 4.18. The average Bonchev–Trinajstić information content (AvgIpc) is 2.53. The van der Waals surface area contributed by atoms with Gasteiger partial charge in [0.15, 0.2) is 5.78 Å². The van der Waals surface area contributed by atoms with E-state index in [0.29, 0.717) is 0 Å². The van der Waals surface area contributed by atoms with Crippen molar-refractivity contribution in [3.8, 4) is 0 Å². The van der Waals surface area contributed by atoms with Gasteiger partial charge in [0, 0.05) is 11.6 Å². The molecule has 2 nitrogen and oxygen atoms in total. The minimum atomic E-state index is -0.119.